The van der Waals surface area contributed by atoms with E-state index >= 15 is 0 Å². The lowest BCUT2D eigenvalue weighted by atomic mass is 9.86. The predicted octanol–water partition coefficient (Wildman–Crippen LogP) is 3.71. The van der Waals surface area contributed by atoms with Crippen molar-refractivity contribution < 1.29 is 0 Å². The third-order valence-electron chi connectivity index (χ3n) is 3.72. The minimum atomic E-state index is 0.217. The van der Waals surface area contributed by atoms with Gasteiger partial charge in [-0.1, -0.05) is 39.8 Å². The van der Waals surface area contributed by atoms with E-state index in [1.54, 1.807) is 0 Å². The van der Waals surface area contributed by atoms with Gasteiger partial charge in [0.1, 0.15) is 0 Å². The minimum Gasteiger partial charge on any atom is -0.374 e. The van der Waals surface area contributed by atoms with E-state index in [0.29, 0.717) is 5.92 Å². The second kappa shape index (κ2) is 6.42. The summed E-state index contributed by atoms with van der Waals surface area (Å²) in [6.07, 6.45) is 1.09. The smallest absolute Gasteiger partial charge is 0.0393 e. The summed E-state index contributed by atoms with van der Waals surface area (Å²) >= 11 is 0. The lowest BCUT2D eigenvalue weighted by Gasteiger charge is -2.27. The molecule has 0 aromatic heterocycles. The SMILES string of the molecule is Cc1cc(C(C)(C)C)ccc1N(C)CC(C)CCN. The van der Waals surface area contributed by atoms with Gasteiger partial charge >= 0.3 is 0 Å². The van der Waals surface area contributed by atoms with Gasteiger partial charge in [-0.3, -0.25) is 0 Å². The number of aryl methyl sites for hydroxylation is 1. The number of nitrogens with two attached hydrogens (primary N) is 1. The van der Waals surface area contributed by atoms with Gasteiger partial charge in [-0.25, -0.2) is 0 Å². The summed E-state index contributed by atoms with van der Waals surface area (Å²) in [5.41, 5.74) is 9.93. The van der Waals surface area contributed by atoms with Crippen LogP contribution in [0.5, 0.6) is 0 Å². The summed E-state index contributed by atoms with van der Waals surface area (Å²) < 4.78 is 0. The van der Waals surface area contributed by atoms with E-state index in [-0.39, 0.29) is 5.41 Å². The predicted molar refractivity (Wildman–Crippen MR) is 86.0 cm³/mol. The fraction of sp³-hybridized carbons (Fsp3) is 0.647. The highest BCUT2D eigenvalue weighted by atomic mass is 15.1. The first kappa shape index (κ1) is 16.0. The van der Waals surface area contributed by atoms with Crippen molar-refractivity contribution in [3.8, 4) is 0 Å². The van der Waals surface area contributed by atoms with Crippen molar-refractivity contribution in [3.05, 3.63) is 29.3 Å². The van der Waals surface area contributed by atoms with E-state index in [1.807, 2.05) is 0 Å². The quantitative estimate of drug-likeness (QED) is 0.876. The Bertz CT molecular complexity index is 404. The third-order valence-corrected chi connectivity index (χ3v) is 3.72. The molecule has 0 bridgehead atoms. The van der Waals surface area contributed by atoms with Gasteiger partial charge in [-0.2, -0.15) is 0 Å². The fourth-order valence-electron chi connectivity index (χ4n) is 2.49. The van der Waals surface area contributed by atoms with Crippen LogP contribution < -0.4 is 10.6 Å². The maximum atomic E-state index is 5.62. The lowest BCUT2D eigenvalue weighted by molar-refractivity contribution is 0.539. The van der Waals surface area contributed by atoms with Crippen molar-refractivity contribution in [2.75, 3.05) is 25.0 Å². The molecule has 1 aromatic carbocycles. The third kappa shape index (κ3) is 4.54. The van der Waals surface area contributed by atoms with Gasteiger partial charge in [0.15, 0.2) is 0 Å². The number of rotatable bonds is 5. The summed E-state index contributed by atoms with van der Waals surface area (Å²) in [6, 6.07) is 6.83. The molecule has 1 rings (SSSR count). The normalized spacial score (nSPS) is 13.4. The van der Waals surface area contributed by atoms with Gasteiger partial charge in [-0.05, 0) is 48.4 Å². The fourth-order valence-corrected chi connectivity index (χ4v) is 2.49. The second-order valence-corrected chi connectivity index (χ2v) is 6.81. The monoisotopic (exact) mass is 262 g/mol. The number of hydrogen-bond donors (Lipinski definition) is 1. The van der Waals surface area contributed by atoms with Gasteiger partial charge in [0.05, 0.1) is 0 Å². The van der Waals surface area contributed by atoms with E-state index < -0.39 is 0 Å². The Kier molecular flexibility index (Phi) is 5.42. The number of nitrogens with zero attached hydrogens (tertiary/aromatic N) is 1. The molecule has 1 aromatic rings. The highest BCUT2D eigenvalue weighted by molar-refractivity contribution is 5.54. The molecule has 0 amide bonds. The number of benzene rings is 1. The largest absolute Gasteiger partial charge is 0.374 e. The first-order chi connectivity index (χ1) is 8.75. The molecule has 0 fully saturated rings. The molecule has 2 nitrogen and oxygen atoms in total. The van der Waals surface area contributed by atoms with Crippen LogP contribution in [0.3, 0.4) is 0 Å². The molecule has 1 unspecified atom stereocenters. The Morgan fingerprint density at radius 1 is 1.26 bits per heavy atom. The molecule has 0 aliphatic carbocycles. The molecule has 2 heteroatoms. The Labute approximate surface area is 119 Å². The van der Waals surface area contributed by atoms with Gasteiger partial charge in [0.2, 0.25) is 0 Å². The molecule has 19 heavy (non-hydrogen) atoms. The van der Waals surface area contributed by atoms with Crippen LogP contribution in [0.1, 0.15) is 45.2 Å². The van der Waals surface area contributed by atoms with Crippen LogP contribution >= 0.6 is 0 Å². The average molecular weight is 262 g/mol. The lowest BCUT2D eigenvalue weighted by Crippen LogP contribution is -2.26. The van der Waals surface area contributed by atoms with Crippen molar-refractivity contribution in [2.24, 2.45) is 11.7 Å². The number of anilines is 1. The molecular weight excluding hydrogens is 232 g/mol. The number of hydrogen-bond acceptors (Lipinski definition) is 2. The highest BCUT2D eigenvalue weighted by Crippen LogP contribution is 2.28. The van der Waals surface area contributed by atoms with Crippen LogP contribution in [0.25, 0.3) is 0 Å². The van der Waals surface area contributed by atoms with E-state index in [2.05, 4.69) is 64.8 Å². The first-order valence-corrected chi connectivity index (χ1v) is 7.28. The molecule has 0 saturated carbocycles. The van der Waals surface area contributed by atoms with Gasteiger partial charge in [0.25, 0.3) is 0 Å². The Morgan fingerprint density at radius 3 is 2.37 bits per heavy atom. The molecule has 2 N–H and O–H groups in total. The van der Waals surface area contributed by atoms with E-state index in [1.165, 1.54) is 16.8 Å². The average Bonchev–Trinajstić information content (AvgIpc) is 2.27. The zero-order chi connectivity index (χ0) is 14.6. The Morgan fingerprint density at radius 2 is 1.89 bits per heavy atom. The zero-order valence-electron chi connectivity index (χ0n) is 13.5. The van der Waals surface area contributed by atoms with Crippen molar-refractivity contribution in [3.63, 3.8) is 0 Å². The summed E-state index contributed by atoms with van der Waals surface area (Å²) in [6.45, 7) is 13.1. The van der Waals surface area contributed by atoms with Crippen molar-refractivity contribution in [1.29, 1.82) is 0 Å². The van der Waals surface area contributed by atoms with E-state index in [4.69, 9.17) is 5.73 Å². The van der Waals surface area contributed by atoms with Crippen LogP contribution in [-0.2, 0) is 5.41 Å². The molecule has 0 aliphatic heterocycles. The molecule has 0 heterocycles. The topological polar surface area (TPSA) is 29.3 Å². The highest BCUT2D eigenvalue weighted by Gasteiger charge is 2.16. The van der Waals surface area contributed by atoms with Gasteiger partial charge < -0.3 is 10.6 Å². The first-order valence-electron chi connectivity index (χ1n) is 7.28. The molecule has 0 aliphatic rings. The molecule has 108 valence electrons. The Balaban J connectivity index is 2.84. The zero-order valence-corrected chi connectivity index (χ0v) is 13.5. The van der Waals surface area contributed by atoms with Crippen molar-refractivity contribution >= 4 is 5.69 Å². The van der Waals surface area contributed by atoms with Gasteiger partial charge in [0, 0.05) is 19.3 Å². The molecule has 0 radical (unpaired) electrons. The van der Waals surface area contributed by atoms with E-state index in [0.717, 1.165) is 19.5 Å². The van der Waals surface area contributed by atoms with Gasteiger partial charge in [-0.15, -0.1) is 0 Å². The maximum absolute atomic E-state index is 5.62. The van der Waals surface area contributed by atoms with Crippen LogP contribution in [0.15, 0.2) is 18.2 Å². The second-order valence-electron chi connectivity index (χ2n) is 6.81. The minimum absolute atomic E-state index is 0.217. The molecule has 0 saturated heterocycles. The summed E-state index contributed by atoms with van der Waals surface area (Å²) in [5.74, 6) is 0.636. The van der Waals surface area contributed by atoms with Crippen LogP contribution in [0.4, 0.5) is 5.69 Å². The van der Waals surface area contributed by atoms with Crippen LogP contribution in [0.2, 0.25) is 0 Å². The summed E-state index contributed by atoms with van der Waals surface area (Å²) in [5, 5.41) is 0. The maximum Gasteiger partial charge on any atom is 0.0393 e. The van der Waals surface area contributed by atoms with Crippen LogP contribution in [-0.4, -0.2) is 20.1 Å². The molecular formula is C17H30N2. The van der Waals surface area contributed by atoms with E-state index in [9.17, 15) is 0 Å². The standard InChI is InChI=1S/C17H30N2/c1-13(9-10-18)12-19(6)16-8-7-15(11-14(16)2)17(3,4)5/h7-8,11,13H,9-10,12,18H2,1-6H3. The van der Waals surface area contributed by atoms with Crippen molar-refractivity contribution in [1.82, 2.24) is 0 Å². The van der Waals surface area contributed by atoms with Crippen molar-refractivity contribution in [2.45, 2.75) is 46.5 Å². The summed E-state index contributed by atoms with van der Waals surface area (Å²) in [4.78, 5) is 2.35. The summed E-state index contributed by atoms with van der Waals surface area (Å²) in [7, 11) is 2.17. The molecule has 1 atom stereocenters. The Hall–Kier alpha value is -1.02. The molecule has 0 spiro atoms. The van der Waals surface area contributed by atoms with Crippen LogP contribution in [0, 0.1) is 12.8 Å².